The van der Waals surface area contributed by atoms with Crippen LogP contribution in [0, 0.1) is 6.92 Å². The molecule has 2 unspecified atom stereocenters. The predicted molar refractivity (Wildman–Crippen MR) is 131 cm³/mol. The molecule has 2 amide bonds. The number of carbonyl (C=O) groups excluding carboxylic acids is 4. The third-order valence-corrected chi connectivity index (χ3v) is 7.36. The number of benzene rings is 1. The zero-order valence-corrected chi connectivity index (χ0v) is 21.7. The molecule has 11 heteroatoms. The van der Waals surface area contributed by atoms with Crippen molar-refractivity contribution in [1.29, 1.82) is 0 Å². The van der Waals surface area contributed by atoms with Gasteiger partial charge in [0.15, 0.2) is 5.76 Å². The number of hydrogen-bond donors (Lipinski definition) is 1. The summed E-state index contributed by atoms with van der Waals surface area (Å²) in [6.07, 6.45) is 0. The number of ether oxygens (including phenoxy) is 2. The summed E-state index contributed by atoms with van der Waals surface area (Å²) < 4.78 is 16.5. The number of amides is 2. The number of hydrogen-bond acceptors (Lipinski definition) is 9. The number of fused-ring (bicyclic) bond motifs is 1. The van der Waals surface area contributed by atoms with Crippen molar-refractivity contribution in [3.8, 4) is 5.75 Å². The maximum absolute atomic E-state index is 12.8. The Kier molecular flexibility index (Phi) is 7.63. The summed E-state index contributed by atoms with van der Waals surface area (Å²) in [6.45, 7) is 7.20. The Labute approximate surface area is 218 Å². The van der Waals surface area contributed by atoms with Crippen molar-refractivity contribution >= 4 is 35.5 Å². The molecule has 1 fully saturated rings. The van der Waals surface area contributed by atoms with Crippen molar-refractivity contribution in [3.05, 3.63) is 64.2 Å². The highest BCUT2D eigenvalue weighted by atomic mass is 32.2. The summed E-state index contributed by atoms with van der Waals surface area (Å²) in [5.74, 6) is -1.65. The number of rotatable bonds is 9. The van der Waals surface area contributed by atoms with E-state index in [2.05, 4.69) is 19.2 Å². The zero-order chi connectivity index (χ0) is 26.9. The molecule has 0 radical (unpaired) electrons. The quantitative estimate of drug-likeness (QED) is 0.382. The lowest BCUT2D eigenvalue weighted by Gasteiger charge is -2.50. The SMILES string of the molecule is CC(=O)OCC1=C(C(=O)[O-])N2C(=O)C(NC(=O)c3ccc(COc4cc(C)ccc4C(C)C)o3)C2SC1. The van der Waals surface area contributed by atoms with Crippen LogP contribution in [0.1, 0.15) is 54.1 Å². The highest BCUT2D eigenvalue weighted by Gasteiger charge is 2.53. The summed E-state index contributed by atoms with van der Waals surface area (Å²) >= 11 is 1.26. The van der Waals surface area contributed by atoms with Crippen LogP contribution in [0.4, 0.5) is 0 Å². The highest BCUT2D eigenvalue weighted by Crippen LogP contribution is 2.40. The first-order valence-electron chi connectivity index (χ1n) is 11.7. The Hall–Kier alpha value is -3.73. The van der Waals surface area contributed by atoms with Gasteiger partial charge < -0.3 is 29.1 Å². The van der Waals surface area contributed by atoms with E-state index in [0.717, 1.165) is 21.8 Å². The molecular weight excluding hydrogens is 500 g/mol. The summed E-state index contributed by atoms with van der Waals surface area (Å²) in [5, 5.41) is 13.7. The second-order valence-electron chi connectivity index (χ2n) is 9.13. The van der Waals surface area contributed by atoms with Gasteiger partial charge >= 0.3 is 5.97 Å². The van der Waals surface area contributed by atoms with Crippen molar-refractivity contribution in [2.45, 2.75) is 51.6 Å². The molecule has 10 nitrogen and oxygen atoms in total. The van der Waals surface area contributed by atoms with Gasteiger partial charge in [0.05, 0.1) is 11.7 Å². The van der Waals surface area contributed by atoms with E-state index in [4.69, 9.17) is 13.9 Å². The number of carbonyl (C=O) groups is 4. The molecule has 1 N–H and O–H groups in total. The minimum Gasteiger partial charge on any atom is -0.543 e. The van der Waals surface area contributed by atoms with Gasteiger partial charge in [0, 0.05) is 18.2 Å². The lowest BCUT2D eigenvalue weighted by molar-refractivity contribution is -0.301. The number of thioether (sulfide) groups is 1. The molecule has 0 aliphatic carbocycles. The van der Waals surface area contributed by atoms with Gasteiger partial charge in [-0.3, -0.25) is 19.3 Å². The molecule has 0 bridgehead atoms. The van der Waals surface area contributed by atoms with Crippen molar-refractivity contribution in [2.75, 3.05) is 12.4 Å². The standard InChI is InChI=1S/C26H28N2O8S/c1-13(2)18-7-5-14(3)9-20(18)35-11-17-6-8-19(36-17)23(30)27-21-24(31)28-22(26(32)33)16(10-34-15(4)29)12-37-25(21)28/h5-9,13,21,25H,10-12H2,1-4H3,(H,27,30)(H,32,33)/p-1. The first kappa shape index (κ1) is 26.3. The van der Waals surface area contributed by atoms with E-state index in [9.17, 15) is 24.3 Å². The molecule has 2 atom stereocenters. The van der Waals surface area contributed by atoms with Crippen LogP contribution in [-0.4, -0.2) is 52.4 Å². The average Bonchev–Trinajstić information content (AvgIpc) is 3.32. The molecule has 2 aliphatic rings. The van der Waals surface area contributed by atoms with Crippen molar-refractivity contribution in [3.63, 3.8) is 0 Å². The summed E-state index contributed by atoms with van der Waals surface area (Å²) in [4.78, 5) is 49.4. The zero-order valence-electron chi connectivity index (χ0n) is 20.9. The number of carboxylic acid groups (broad SMARTS) is 1. The van der Waals surface area contributed by atoms with E-state index in [-0.39, 0.29) is 41.9 Å². The minimum atomic E-state index is -1.55. The molecule has 0 saturated carbocycles. The summed E-state index contributed by atoms with van der Waals surface area (Å²) in [6, 6.07) is 8.19. The Morgan fingerprint density at radius 2 is 1.97 bits per heavy atom. The van der Waals surface area contributed by atoms with Crippen molar-refractivity contribution in [2.24, 2.45) is 0 Å². The van der Waals surface area contributed by atoms with Gasteiger partial charge in [-0.2, -0.15) is 0 Å². The molecule has 4 rings (SSSR count). The normalized spacial score (nSPS) is 18.8. The number of nitrogens with one attached hydrogen (secondary N) is 1. The number of aliphatic carboxylic acids is 1. The van der Waals surface area contributed by atoms with Crippen LogP contribution < -0.4 is 15.2 Å². The highest BCUT2D eigenvalue weighted by molar-refractivity contribution is 8.00. The Morgan fingerprint density at radius 3 is 2.65 bits per heavy atom. The first-order chi connectivity index (χ1) is 17.6. The summed E-state index contributed by atoms with van der Waals surface area (Å²) in [7, 11) is 0. The molecule has 1 aromatic heterocycles. The van der Waals surface area contributed by atoms with Crippen LogP contribution in [0.15, 0.2) is 46.0 Å². The van der Waals surface area contributed by atoms with Gasteiger partial charge in [0.25, 0.3) is 11.8 Å². The minimum absolute atomic E-state index is 0.00481. The number of furan rings is 1. The average molecular weight is 528 g/mol. The van der Waals surface area contributed by atoms with Crippen LogP contribution in [0.5, 0.6) is 5.75 Å². The fourth-order valence-electron chi connectivity index (χ4n) is 4.15. The van der Waals surface area contributed by atoms with E-state index in [1.54, 1.807) is 6.07 Å². The van der Waals surface area contributed by atoms with Gasteiger partial charge in [0.1, 0.15) is 36.1 Å². The van der Waals surface area contributed by atoms with Crippen LogP contribution in [0.25, 0.3) is 0 Å². The third kappa shape index (κ3) is 5.51. The molecule has 2 aliphatic heterocycles. The maximum Gasteiger partial charge on any atom is 0.302 e. The fourth-order valence-corrected chi connectivity index (χ4v) is 5.48. The van der Waals surface area contributed by atoms with Crippen molar-refractivity contribution < 1.29 is 38.2 Å². The van der Waals surface area contributed by atoms with E-state index < -0.39 is 35.2 Å². The van der Waals surface area contributed by atoms with Crippen molar-refractivity contribution in [1.82, 2.24) is 10.2 Å². The number of aryl methyl sites for hydroxylation is 1. The second kappa shape index (κ2) is 10.7. The molecule has 0 spiro atoms. The number of esters is 1. The van der Waals surface area contributed by atoms with Gasteiger partial charge in [-0.05, 0) is 42.2 Å². The van der Waals surface area contributed by atoms with Gasteiger partial charge in [0.2, 0.25) is 0 Å². The van der Waals surface area contributed by atoms with Crippen LogP contribution in [-0.2, 0) is 25.7 Å². The molecule has 1 saturated heterocycles. The number of β-lactam (4-membered cyclic amide) rings is 1. The molecule has 2 aromatic rings. The number of carboxylic acids is 1. The van der Waals surface area contributed by atoms with Crippen LogP contribution in [0.3, 0.4) is 0 Å². The summed E-state index contributed by atoms with van der Waals surface area (Å²) in [5.41, 5.74) is 2.07. The second-order valence-corrected chi connectivity index (χ2v) is 10.2. The molecular formula is C26H27N2O8S-. The Balaban J connectivity index is 1.39. The predicted octanol–water partition coefficient (Wildman–Crippen LogP) is 1.87. The van der Waals surface area contributed by atoms with E-state index >= 15 is 0 Å². The lowest BCUT2D eigenvalue weighted by atomic mass is 10.0. The Morgan fingerprint density at radius 1 is 1.22 bits per heavy atom. The van der Waals surface area contributed by atoms with Gasteiger partial charge in [-0.15, -0.1) is 11.8 Å². The third-order valence-electron chi connectivity index (χ3n) is 6.02. The molecule has 3 heterocycles. The number of nitrogens with zero attached hydrogens (tertiary/aromatic N) is 1. The van der Waals surface area contributed by atoms with E-state index in [0.29, 0.717) is 5.76 Å². The smallest absolute Gasteiger partial charge is 0.302 e. The van der Waals surface area contributed by atoms with E-state index in [1.807, 2.05) is 25.1 Å². The van der Waals surface area contributed by atoms with Gasteiger partial charge in [-0.1, -0.05) is 26.0 Å². The fraction of sp³-hybridized carbons (Fsp3) is 0.385. The van der Waals surface area contributed by atoms with Crippen LogP contribution >= 0.6 is 11.8 Å². The van der Waals surface area contributed by atoms with E-state index in [1.165, 1.54) is 24.8 Å². The maximum atomic E-state index is 12.8. The monoisotopic (exact) mass is 527 g/mol. The Bertz CT molecular complexity index is 1280. The topological polar surface area (TPSA) is 138 Å². The van der Waals surface area contributed by atoms with Gasteiger partial charge in [-0.25, -0.2) is 0 Å². The lowest BCUT2D eigenvalue weighted by Crippen LogP contribution is -2.71. The molecule has 37 heavy (non-hydrogen) atoms. The molecule has 196 valence electrons. The first-order valence-corrected chi connectivity index (χ1v) is 12.8. The van der Waals surface area contributed by atoms with Crippen LogP contribution in [0.2, 0.25) is 0 Å². The molecule has 1 aromatic carbocycles. The largest absolute Gasteiger partial charge is 0.543 e.